The predicted molar refractivity (Wildman–Crippen MR) is 55.4 cm³/mol. The molecule has 0 atom stereocenters. The second-order valence-electron chi connectivity index (χ2n) is 2.76. The lowest BCUT2D eigenvalue weighted by molar-refractivity contribution is 0.171. The Morgan fingerprint density at radius 3 is 2.71 bits per heavy atom. The molecule has 1 aromatic carbocycles. The summed E-state index contributed by atoms with van der Waals surface area (Å²) in [6.45, 7) is 1.11. The molecule has 0 unspecified atom stereocenters. The van der Waals surface area contributed by atoms with E-state index < -0.39 is 0 Å². The molecule has 4 nitrogen and oxygen atoms in total. The zero-order valence-electron chi connectivity index (χ0n) is 7.25. The zero-order valence-corrected chi connectivity index (χ0v) is 8.83. The number of anilines is 1. The summed E-state index contributed by atoms with van der Waals surface area (Å²) in [5.41, 5.74) is 0.677. The highest BCUT2D eigenvalue weighted by molar-refractivity contribution is 9.18. The summed E-state index contributed by atoms with van der Waals surface area (Å²) in [6.07, 6.45) is 0. The van der Waals surface area contributed by atoms with Crippen LogP contribution < -0.4 is 14.8 Å². The summed E-state index contributed by atoms with van der Waals surface area (Å²) in [5, 5.41) is 2.60. The largest absolute Gasteiger partial charge is 0.486 e. The van der Waals surface area contributed by atoms with Crippen molar-refractivity contribution in [3.05, 3.63) is 18.2 Å². The first-order valence-corrected chi connectivity index (χ1v) is 4.91. The van der Waals surface area contributed by atoms with Crippen LogP contribution in [0.4, 0.5) is 10.5 Å². The monoisotopic (exact) mass is 257 g/mol. The smallest absolute Gasteiger partial charge is 0.291 e. The van der Waals surface area contributed by atoms with E-state index in [0.29, 0.717) is 30.4 Å². The van der Waals surface area contributed by atoms with Crippen LogP contribution in [0.3, 0.4) is 0 Å². The lowest BCUT2D eigenvalue weighted by Gasteiger charge is -2.18. The first kappa shape index (κ1) is 9.33. The second kappa shape index (κ2) is 3.88. The molecule has 5 heteroatoms. The number of carbonyl (C=O) groups excluding carboxylic acids is 1. The molecule has 74 valence electrons. The minimum atomic E-state index is -0.283. The van der Waals surface area contributed by atoms with Gasteiger partial charge in [0.25, 0.3) is 4.82 Å². The Morgan fingerprint density at radius 2 is 2.00 bits per heavy atom. The molecule has 1 N–H and O–H groups in total. The van der Waals surface area contributed by atoms with Gasteiger partial charge in [0.15, 0.2) is 11.5 Å². The van der Waals surface area contributed by atoms with Crippen LogP contribution >= 0.6 is 15.9 Å². The second-order valence-corrected chi connectivity index (χ2v) is 3.48. The van der Waals surface area contributed by atoms with Crippen molar-refractivity contribution in [1.82, 2.24) is 0 Å². The summed E-state index contributed by atoms with van der Waals surface area (Å²) in [7, 11) is 0. The average Bonchev–Trinajstić information content (AvgIpc) is 2.17. The molecule has 1 aliphatic rings. The molecule has 1 amide bonds. The molecule has 0 bridgehead atoms. The Labute approximate surface area is 89.3 Å². The lowest BCUT2D eigenvalue weighted by Crippen LogP contribution is -2.15. The van der Waals surface area contributed by atoms with Gasteiger partial charge in [0.1, 0.15) is 13.2 Å². The number of ether oxygens (including phenoxy) is 2. The Balaban J connectivity index is 2.24. The van der Waals surface area contributed by atoms with E-state index in [1.54, 1.807) is 18.2 Å². The molecule has 0 radical (unpaired) electrons. The molecular weight excluding hydrogens is 250 g/mol. The minimum Gasteiger partial charge on any atom is -0.486 e. The normalized spacial score (nSPS) is 13.5. The molecule has 0 fully saturated rings. The van der Waals surface area contributed by atoms with Crippen molar-refractivity contribution in [2.75, 3.05) is 18.5 Å². The molecule has 1 heterocycles. The van der Waals surface area contributed by atoms with Gasteiger partial charge in [-0.2, -0.15) is 0 Å². The van der Waals surface area contributed by atoms with Crippen molar-refractivity contribution >= 4 is 26.4 Å². The SMILES string of the molecule is O=C(Br)Nc1ccc2c(c1)OCCO2. The third kappa shape index (κ3) is 1.98. The van der Waals surface area contributed by atoms with E-state index in [1.807, 2.05) is 0 Å². The summed E-state index contributed by atoms with van der Waals surface area (Å²) in [6, 6.07) is 5.26. The Bertz CT molecular complexity index is 367. The fraction of sp³-hybridized carbons (Fsp3) is 0.222. The number of benzene rings is 1. The Kier molecular flexibility index (Phi) is 2.58. The maximum absolute atomic E-state index is 10.7. The van der Waals surface area contributed by atoms with Crippen LogP contribution in [0.5, 0.6) is 11.5 Å². The average molecular weight is 258 g/mol. The third-order valence-corrected chi connectivity index (χ3v) is 1.98. The van der Waals surface area contributed by atoms with Crippen LogP contribution in [-0.2, 0) is 0 Å². The first-order chi connectivity index (χ1) is 6.75. The van der Waals surface area contributed by atoms with Crippen molar-refractivity contribution in [3.8, 4) is 11.5 Å². The summed E-state index contributed by atoms with van der Waals surface area (Å²) < 4.78 is 10.7. The van der Waals surface area contributed by atoms with E-state index >= 15 is 0 Å². The topological polar surface area (TPSA) is 47.6 Å². The van der Waals surface area contributed by atoms with Crippen LogP contribution in [0, 0.1) is 0 Å². The van der Waals surface area contributed by atoms with Gasteiger partial charge in [-0.3, -0.25) is 4.79 Å². The number of fused-ring (bicyclic) bond motifs is 1. The van der Waals surface area contributed by atoms with Crippen LogP contribution in [0.2, 0.25) is 0 Å². The van der Waals surface area contributed by atoms with Crippen molar-refractivity contribution in [2.24, 2.45) is 0 Å². The van der Waals surface area contributed by atoms with E-state index in [1.165, 1.54) is 0 Å². The summed E-state index contributed by atoms with van der Waals surface area (Å²) >= 11 is 2.79. The Morgan fingerprint density at radius 1 is 1.29 bits per heavy atom. The van der Waals surface area contributed by atoms with Crippen molar-refractivity contribution < 1.29 is 14.3 Å². The van der Waals surface area contributed by atoms with E-state index in [4.69, 9.17) is 9.47 Å². The standard InChI is InChI=1S/C9H8BrNO3/c10-9(12)11-6-1-2-7-8(5-6)14-4-3-13-7/h1-2,5H,3-4H2,(H,11,12). The Hall–Kier alpha value is -1.23. The quantitative estimate of drug-likeness (QED) is 0.621. The maximum Gasteiger partial charge on any atom is 0.291 e. The van der Waals surface area contributed by atoms with Gasteiger partial charge in [0.2, 0.25) is 0 Å². The number of carbonyl (C=O) groups is 1. The molecule has 0 saturated carbocycles. The number of hydrogen-bond acceptors (Lipinski definition) is 3. The van der Waals surface area contributed by atoms with Crippen LogP contribution in [0.1, 0.15) is 0 Å². The van der Waals surface area contributed by atoms with E-state index in [0.717, 1.165) is 0 Å². The van der Waals surface area contributed by atoms with Gasteiger partial charge in [0, 0.05) is 27.7 Å². The van der Waals surface area contributed by atoms with E-state index in [-0.39, 0.29) is 4.82 Å². The summed E-state index contributed by atoms with van der Waals surface area (Å²) in [5.74, 6) is 1.37. The fourth-order valence-electron chi connectivity index (χ4n) is 1.23. The van der Waals surface area contributed by atoms with Crippen LogP contribution in [0.25, 0.3) is 0 Å². The molecule has 1 aliphatic heterocycles. The van der Waals surface area contributed by atoms with E-state index in [9.17, 15) is 4.79 Å². The molecule has 0 aliphatic carbocycles. The fourth-order valence-corrected chi connectivity index (χ4v) is 1.46. The van der Waals surface area contributed by atoms with Gasteiger partial charge in [-0.15, -0.1) is 0 Å². The van der Waals surface area contributed by atoms with Gasteiger partial charge in [-0.1, -0.05) is 0 Å². The van der Waals surface area contributed by atoms with Crippen molar-refractivity contribution in [1.29, 1.82) is 0 Å². The highest BCUT2D eigenvalue weighted by Crippen LogP contribution is 2.32. The van der Waals surface area contributed by atoms with Gasteiger partial charge < -0.3 is 14.8 Å². The number of amides is 1. The van der Waals surface area contributed by atoms with Gasteiger partial charge in [0.05, 0.1) is 0 Å². The minimum absolute atomic E-state index is 0.283. The predicted octanol–water partition coefficient (Wildman–Crippen LogP) is 2.38. The van der Waals surface area contributed by atoms with Crippen molar-refractivity contribution in [2.45, 2.75) is 0 Å². The molecule has 0 saturated heterocycles. The first-order valence-electron chi connectivity index (χ1n) is 4.12. The molecule has 0 spiro atoms. The van der Waals surface area contributed by atoms with Gasteiger partial charge in [-0.25, -0.2) is 0 Å². The zero-order chi connectivity index (χ0) is 9.97. The molecule has 1 aromatic rings. The van der Waals surface area contributed by atoms with Crippen LogP contribution in [0.15, 0.2) is 18.2 Å². The van der Waals surface area contributed by atoms with E-state index in [2.05, 4.69) is 21.2 Å². The van der Waals surface area contributed by atoms with Crippen molar-refractivity contribution in [3.63, 3.8) is 0 Å². The molecule has 14 heavy (non-hydrogen) atoms. The van der Waals surface area contributed by atoms with Gasteiger partial charge in [-0.05, 0) is 12.1 Å². The van der Waals surface area contributed by atoms with Crippen LogP contribution in [-0.4, -0.2) is 18.0 Å². The maximum atomic E-state index is 10.7. The molecule has 2 rings (SSSR count). The summed E-state index contributed by atoms with van der Waals surface area (Å²) in [4.78, 5) is 10.4. The lowest BCUT2D eigenvalue weighted by atomic mass is 10.2. The highest BCUT2D eigenvalue weighted by atomic mass is 79.9. The number of nitrogens with one attached hydrogen (secondary N) is 1. The number of halogens is 1. The highest BCUT2D eigenvalue weighted by Gasteiger charge is 2.11. The number of hydrogen-bond donors (Lipinski definition) is 1. The third-order valence-electron chi connectivity index (χ3n) is 1.78. The number of rotatable bonds is 1. The molecule has 0 aromatic heterocycles. The molecular formula is C9H8BrNO3. The van der Waals surface area contributed by atoms with Gasteiger partial charge >= 0.3 is 0 Å².